The molecule has 3 atom stereocenters. The maximum atomic E-state index is 9.38. The zero-order valence-electron chi connectivity index (χ0n) is 9.29. The summed E-state index contributed by atoms with van der Waals surface area (Å²) < 4.78 is 0. The highest BCUT2D eigenvalue weighted by Crippen LogP contribution is 2.18. The van der Waals surface area contributed by atoms with Gasteiger partial charge in [0.15, 0.2) is 0 Å². The summed E-state index contributed by atoms with van der Waals surface area (Å²) in [4.78, 5) is 0. The molecule has 0 saturated heterocycles. The first-order valence-corrected chi connectivity index (χ1v) is 5.40. The Balaban J connectivity index is 3.50. The summed E-state index contributed by atoms with van der Waals surface area (Å²) in [7, 11) is 2.03. The molecule has 0 heterocycles. The van der Waals surface area contributed by atoms with Gasteiger partial charge in [0.05, 0.1) is 0 Å². The Labute approximate surface area is 83.6 Å². The summed E-state index contributed by atoms with van der Waals surface area (Å²) in [5.74, 6) is 1.31. The fourth-order valence-corrected chi connectivity index (χ4v) is 1.53. The maximum Gasteiger partial charge on any atom is 0.104 e. The van der Waals surface area contributed by atoms with E-state index in [-0.39, 0.29) is 6.10 Å². The molecule has 0 spiro atoms. The lowest BCUT2D eigenvalue weighted by atomic mass is 9.89. The van der Waals surface area contributed by atoms with Crippen LogP contribution in [0.2, 0.25) is 6.32 Å². The highest BCUT2D eigenvalue weighted by molar-refractivity contribution is 6.08. The van der Waals surface area contributed by atoms with Gasteiger partial charge in [-0.1, -0.05) is 26.2 Å². The number of rotatable bonds is 7. The van der Waals surface area contributed by atoms with E-state index < -0.39 is 0 Å². The van der Waals surface area contributed by atoms with Crippen LogP contribution in [0.1, 0.15) is 33.1 Å². The molecule has 0 aliphatic carbocycles. The van der Waals surface area contributed by atoms with Crippen molar-refractivity contribution in [3.63, 3.8) is 0 Å². The quantitative estimate of drug-likeness (QED) is 0.471. The molecule has 0 aromatic rings. The number of aliphatic hydroxyl groups is 1. The van der Waals surface area contributed by atoms with Crippen molar-refractivity contribution in [1.82, 2.24) is 0 Å². The highest BCUT2D eigenvalue weighted by atomic mass is 16.3. The van der Waals surface area contributed by atoms with Gasteiger partial charge in [0.1, 0.15) is 7.85 Å². The van der Waals surface area contributed by atoms with E-state index in [0.717, 1.165) is 19.2 Å². The Bertz CT molecular complexity index is 136. The van der Waals surface area contributed by atoms with Crippen LogP contribution in [0.4, 0.5) is 0 Å². The zero-order valence-corrected chi connectivity index (χ0v) is 9.29. The van der Waals surface area contributed by atoms with Crippen LogP contribution < -0.4 is 0 Å². The third-order valence-electron chi connectivity index (χ3n) is 2.64. The minimum Gasteiger partial charge on any atom is -0.394 e. The Morgan fingerprint density at radius 1 is 1.38 bits per heavy atom. The summed E-state index contributed by atoms with van der Waals surface area (Å²) in [6.07, 6.45) is 6.06. The van der Waals surface area contributed by atoms with Gasteiger partial charge in [0, 0.05) is 6.10 Å². The van der Waals surface area contributed by atoms with Gasteiger partial charge in [-0.15, -0.1) is 6.58 Å². The molecule has 76 valence electrons. The highest BCUT2D eigenvalue weighted by Gasteiger charge is 2.08. The lowest BCUT2D eigenvalue weighted by molar-refractivity contribution is 0.173. The van der Waals surface area contributed by atoms with Crippen molar-refractivity contribution in [3.05, 3.63) is 12.7 Å². The van der Waals surface area contributed by atoms with Crippen LogP contribution in [-0.4, -0.2) is 19.1 Å². The van der Waals surface area contributed by atoms with Gasteiger partial charge in [-0.2, -0.15) is 0 Å². The smallest absolute Gasteiger partial charge is 0.104 e. The molecule has 0 aromatic heterocycles. The average Bonchev–Trinajstić information content (AvgIpc) is 2.13. The molecular weight excluding hydrogens is 159 g/mol. The normalized spacial score (nSPS) is 17.8. The van der Waals surface area contributed by atoms with E-state index >= 15 is 0 Å². The van der Waals surface area contributed by atoms with Crippen molar-refractivity contribution >= 4 is 7.85 Å². The molecule has 0 rings (SSSR count). The Kier molecular flexibility index (Phi) is 7.07. The lowest BCUT2D eigenvalue weighted by Crippen LogP contribution is -2.09. The fraction of sp³-hybridized carbons (Fsp3) is 0.818. The molecule has 2 unspecified atom stereocenters. The van der Waals surface area contributed by atoms with E-state index in [4.69, 9.17) is 0 Å². The fourth-order valence-electron chi connectivity index (χ4n) is 1.53. The minimum atomic E-state index is -0.0958. The van der Waals surface area contributed by atoms with E-state index in [1.54, 1.807) is 0 Å². The SMILES string of the molecule is BC[C@@H](O)CCC(C)CC(C)C=C. The van der Waals surface area contributed by atoms with Gasteiger partial charge in [-0.25, -0.2) is 0 Å². The molecule has 0 aliphatic heterocycles. The van der Waals surface area contributed by atoms with E-state index in [1.807, 2.05) is 13.9 Å². The summed E-state index contributed by atoms with van der Waals surface area (Å²) >= 11 is 0. The predicted molar refractivity (Wildman–Crippen MR) is 61.7 cm³/mol. The van der Waals surface area contributed by atoms with Crippen molar-refractivity contribution in [2.75, 3.05) is 0 Å². The molecule has 0 aromatic carbocycles. The van der Waals surface area contributed by atoms with Gasteiger partial charge < -0.3 is 5.11 Å². The largest absolute Gasteiger partial charge is 0.394 e. The molecule has 0 aliphatic rings. The predicted octanol–water partition coefficient (Wildman–Crippen LogP) is 2.03. The van der Waals surface area contributed by atoms with E-state index in [9.17, 15) is 5.11 Å². The third kappa shape index (κ3) is 6.88. The monoisotopic (exact) mass is 182 g/mol. The second kappa shape index (κ2) is 7.20. The summed E-state index contributed by atoms with van der Waals surface area (Å²) in [5, 5.41) is 9.38. The van der Waals surface area contributed by atoms with Gasteiger partial charge in [0.2, 0.25) is 0 Å². The summed E-state index contributed by atoms with van der Waals surface area (Å²) in [6, 6.07) is 0. The summed E-state index contributed by atoms with van der Waals surface area (Å²) in [5.41, 5.74) is 0. The topological polar surface area (TPSA) is 20.2 Å². The first-order valence-electron chi connectivity index (χ1n) is 5.40. The van der Waals surface area contributed by atoms with Gasteiger partial charge in [-0.05, 0) is 31.1 Å². The first kappa shape index (κ1) is 12.8. The maximum absolute atomic E-state index is 9.38. The lowest BCUT2D eigenvalue weighted by Gasteiger charge is -2.15. The molecule has 0 radical (unpaired) electrons. The number of hydrogen-bond donors (Lipinski definition) is 1. The van der Waals surface area contributed by atoms with Crippen molar-refractivity contribution in [2.45, 2.75) is 45.5 Å². The first-order chi connectivity index (χ1) is 6.10. The Hall–Kier alpha value is -0.235. The third-order valence-corrected chi connectivity index (χ3v) is 2.64. The van der Waals surface area contributed by atoms with Gasteiger partial charge >= 0.3 is 0 Å². The molecular formula is C11H23BO. The van der Waals surface area contributed by atoms with Crippen molar-refractivity contribution < 1.29 is 5.11 Å². The average molecular weight is 182 g/mol. The van der Waals surface area contributed by atoms with Crippen molar-refractivity contribution in [3.8, 4) is 0 Å². The molecule has 0 bridgehead atoms. The second-order valence-electron chi connectivity index (χ2n) is 4.19. The zero-order chi connectivity index (χ0) is 10.3. The van der Waals surface area contributed by atoms with E-state index in [0.29, 0.717) is 11.8 Å². The molecule has 2 heteroatoms. The van der Waals surface area contributed by atoms with Crippen LogP contribution in [-0.2, 0) is 0 Å². The minimum absolute atomic E-state index is 0.0958. The molecule has 0 amide bonds. The standard InChI is InChI=1S/C11H23BO/c1-4-9(2)7-10(3)5-6-11(13)8-12/h4,9-11,13H,1,5-8,12H2,2-3H3/t9?,10?,11-/m0/s1. The molecule has 1 N–H and O–H groups in total. The van der Waals surface area contributed by atoms with E-state index in [2.05, 4.69) is 20.4 Å². The van der Waals surface area contributed by atoms with Crippen LogP contribution in [0.5, 0.6) is 0 Å². The second-order valence-corrected chi connectivity index (χ2v) is 4.19. The number of hydrogen-bond acceptors (Lipinski definition) is 1. The van der Waals surface area contributed by atoms with E-state index in [1.165, 1.54) is 6.42 Å². The molecule has 1 nitrogen and oxygen atoms in total. The van der Waals surface area contributed by atoms with Crippen LogP contribution in [0.3, 0.4) is 0 Å². The van der Waals surface area contributed by atoms with Gasteiger partial charge in [-0.3, -0.25) is 0 Å². The summed E-state index contributed by atoms with van der Waals surface area (Å²) in [6.45, 7) is 8.22. The van der Waals surface area contributed by atoms with Crippen molar-refractivity contribution in [1.29, 1.82) is 0 Å². The molecule has 0 fully saturated rings. The van der Waals surface area contributed by atoms with Crippen LogP contribution in [0, 0.1) is 11.8 Å². The van der Waals surface area contributed by atoms with Crippen molar-refractivity contribution in [2.24, 2.45) is 11.8 Å². The van der Waals surface area contributed by atoms with Crippen LogP contribution in [0.25, 0.3) is 0 Å². The van der Waals surface area contributed by atoms with Crippen LogP contribution >= 0.6 is 0 Å². The Morgan fingerprint density at radius 3 is 2.46 bits per heavy atom. The number of allylic oxidation sites excluding steroid dienone is 1. The molecule has 0 saturated carbocycles. The van der Waals surface area contributed by atoms with Crippen LogP contribution in [0.15, 0.2) is 12.7 Å². The number of aliphatic hydroxyl groups excluding tert-OH is 1. The Morgan fingerprint density at radius 2 is 2.00 bits per heavy atom. The van der Waals surface area contributed by atoms with Gasteiger partial charge in [0.25, 0.3) is 0 Å². The molecule has 13 heavy (non-hydrogen) atoms.